The van der Waals surface area contributed by atoms with E-state index in [1.807, 2.05) is 32.2 Å². The monoisotopic (exact) mass is 852 g/mol. The third-order valence-corrected chi connectivity index (χ3v) is 18.1. The quantitative estimate of drug-likeness (QED) is 0.0828. The molecule has 2 saturated heterocycles. The molecule has 3 aromatic rings. The number of Topliss-reactive ketones (excluding diaryl/α,β-unsaturated/α-hetero) is 1. The second-order valence-corrected chi connectivity index (χ2v) is 24.0. The lowest BCUT2D eigenvalue weighted by Crippen LogP contribution is -2.67. The van der Waals surface area contributed by atoms with Crippen LogP contribution in [0.1, 0.15) is 140 Å². The lowest BCUT2D eigenvalue weighted by atomic mass is 9.71. The van der Waals surface area contributed by atoms with Crippen molar-refractivity contribution in [2.24, 2.45) is 17.3 Å². The highest BCUT2D eigenvalue weighted by Crippen LogP contribution is 2.41. The summed E-state index contributed by atoms with van der Waals surface area (Å²) < 4.78 is 33.0. The number of carbonyl (C=O) groups is 1. The summed E-state index contributed by atoms with van der Waals surface area (Å²) in [5.74, 6) is -0.615. The number of carbonyl (C=O) groups excluding carboxylic acids is 1. The first-order valence-electron chi connectivity index (χ1n) is 23.2. The molecule has 0 aliphatic carbocycles. The van der Waals surface area contributed by atoms with Crippen molar-refractivity contribution in [2.75, 3.05) is 13.2 Å². The maximum Gasteiger partial charge on any atom is 0.261 e. The number of allylic oxidation sites excluding steroid dienone is 1. The molecule has 2 aromatic carbocycles. The zero-order chi connectivity index (χ0) is 44.3. The molecule has 334 valence electrons. The van der Waals surface area contributed by atoms with E-state index in [-0.39, 0.29) is 47.3 Å². The Morgan fingerprint density at radius 3 is 2.13 bits per heavy atom. The Kier molecular flexibility index (Phi) is 17.5. The third kappa shape index (κ3) is 12.7. The van der Waals surface area contributed by atoms with E-state index in [0.29, 0.717) is 26.1 Å². The Bertz CT molecular complexity index is 1810. The number of benzene rings is 2. The van der Waals surface area contributed by atoms with Gasteiger partial charge in [0.1, 0.15) is 5.78 Å². The molecular weight excluding hydrogens is 775 g/mol. The average Bonchev–Trinajstić information content (AvgIpc) is 3.24. The van der Waals surface area contributed by atoms with Gasteiger partial charge in [-0.3, -0.25) is 9.78 Å². The highest BCUT2D eigenvalue weighted by Gasteiger charge is 2.52. The molecule has 8 heteroatoms. The Labute approximate surface area is 370 Å². The van der Waals surface area contributed by atoms with Gasteiger partial charge in [0, 0.05) is 18.7 Å². The summed E-state index contributed by atoms with van der Waals surface area (Å²) >= 11 is 0. The number of ketones is 1. The smallest absolute Gasteiger partial charge is 0.261 e. The number of hydrogen-bond acceptors (Lipinski definition) is 7. The third-order valence-electron chi connectivity index (χ3n) is 13.1. The van der Waals surface area contributed by atoms with Crippen molar-refractivity contribution in [1.29, 1.82) is 0 Å². The Balaban J connectivity index is 1.37. The van der Waals surface area contributed by atoms with Gasteiger partial charge >= 0.3 is 0 Å². The van der Waals surface area contributed by atoms with E-state index in [0.717, 1.165) is 56.2 Å². The number of aromatic nitrogens is 1. The summed E-state index contributed by atoms with van der Waals surface area (Å²) in [6, 6.07) is 27.8. The SMILES string of the molecule is CCC(C(=O)C(C)(C)[C@@H]1CCOC(C)(C)O1)[C@@H](OC1CCCCO1)[C@@H](C)CCC/C(C)=C/C[C@H](O[Si](c1ccccc1)(c1ccccc1)C(C)(C)C)/C(C)=C/c1ccccn1. The van der Waals surface area contributed by atoms with E-state index < -0.39 is 19.5 Å². The van der Waals surface area contributed by atoms with Crippen LogP contribution in [0.15, 0.2) is 102 Å². The fourth-order valence-electron chi connectivity index (χ4n) is 9.47. The molecule has 0 radical (unpaired) electrons. The van der Waals surface area contributed by atoms with E-state index in [1.54, 1.807) is 0 Å². The second-order valence-electron chi connectivity index (χ2n) is 19.7. The van der Waals surface area contributed by atoms with Gasteiger partial charge in [0.05, 0.1) is 36.0 Å². The molecule has 7 nitrogen and oxygen atoms in total. The first-order valence-corrected chi connectivity index (χ1v) is 25.1. The Hall–Kier alpha value is -3.24. The van der Waals surface area contributed by atoms with Crippen LogP contribution in [-0.2, 0) is 28.2 Å². The largest absolute Gasteiger partial charge is 0.400 e. The predicted octanol–water partition coefficient (Wildman–Crippen LogP) is 11.6. The van der Waals surface area contributed by atoms with Gasteiger partial charge < -0.3 is 23.4 Å². The molecule has 0 N–H and O–H groups in total. The maximum atomic E-state index is 14.7. The first kappa shape index (κ1) is 48.8. The first-order chi connectivity index (χ1) is 29.0. The van der Waals surface area contributed by atoms with Crippen molar-refractivity contribution in [2.45, 2.75) is 169 Å². The zero-order valence-corrected chi connectivity index (χ0v) is 40.4. The summed E-state index contributed by atoms with van der Waals surface area (Å²) in [4.78, 5) is 19.3. The Morgan fingerprint density at radius 1 is 0.918 bits per heavy atom. The maximum absolute atomic E-state index is 14.7. The second kappa shape index (κ2) is 21.9. The van der Waals surface area contributed by atoms with Crippen LogP contribution in [0.3, 0.4) is 0 Å². The van der Waals surface area contributed by atoms with Crippen LogP contribution in [0, 0.1) is 17.3 Å². The number of nitrogens with zero attached hydrogens (tertiary/aromatic N) is 1. The van der Waals surface area contributed by atoms with Gasteiger partial charge in [-0.05, 0) is 131 Å². The van der Waals surface area contributed by atoms with Crippen LogP contribution < -0.4 is 10.4 Å². The van der Waals surface area contributed by atoms with Crippen molar-refractivity contribution in [1.82, 2.24) is 4.98 Å². The standard InChI is InChI=1S/C53H77NO6Si/c1-12-45(50(55)52(8,9)47-34-37-57-53(10,11)59-47)49(58-48-31-20-22-36-56-48)40(3)25-23-24-39(2)32-33-46(41(4)38-42-26-19-21-35-54-42)60-61(51(5,6)7,43-27-15-13-16-28-43)44-29-17-14-18-30-44/h13-19,21,26-30,32,35,38,40,45-49H,12,20,22-25,31,33-34,36-37H2,1-11H3/b39-32+,41-38+/t40-,45?,46-,47-,48?,49-/m0/s1. The molecule has 1 aromatic heterocycles. The van der Waals surface area contributed by atoms with Gasteiger partial charge in [-0.25, -0.2) is 0 Å². The van der Waals surface area contributed by atoms with Crippen molar-refractivity contribution in [3.8, 4) is 0 Å². The molecule has 2 unspecified atom stereocenters. The molecule has 61 heavy (non-hydrogen) atoms. The molecule has 2 aliphatic rings. The van der Waals surface area contributed by atoms with E-state index in [2.05, 4.69) is 146 Å². The fraction of sp³-hybridized carbons (Fsp3) is 0.585. The van der Waals surface area contributed by atoms with Crippen molar-refractivity contribution in [3.63, 3.8) is 0 Å². The summed E-state index contributed by atoms with van der Waals surface area (Å²) in [6.45, 7) is 25.1. The van der Waals surface area contributed by atoms with Crippen LogP contribution in [0.25, 0.3) is 6.08 Å². The molecular formula is C53H77NO6Si. The van der Waals surface area contributed by atoms with Gasteiger partial charge in [-0.1, -0.05) is 127 Å². The van der Waals surface area contributed by atoms with Gasteiger partial charge in [0.2, 0.25) is 0 Å². The molecule has 0 bridgehead atoms. The van der Waals surface area contributed by atoms with E-state index >= 15 is 0 Å². The predicted molar refractivity (Wildman–Crippen MR) is 252 cm³/mol. The van der Waals surface area contributed by atoms with Crippen LogP contribution in [0.2, 0.25) is 5.04 Å². The lowest BCUT2D eigenvalue weighted by molar-refractivity contribution is -0.289. The van der Waals surface area contributed by atoms with Gasteiger partial charge in [0.25, 0.3) is 8.32 Å². The molecule has 2 aliphatic heterocycles. The van der Waals surface area contributed by atoms with Crippen LogP contribution in [-0.4, -0.2) is 62.7 Å². The molecule has 0 spiro atoms. The van der Waals surface area contributed by atoms with Crippen LogP contribution in [0.4, 0.5) is 0 Å². The zero-order valence-electron chi connectivity index (χ0n) is 39.4. The summed E-state index contributed by atoms with van der Waals surface area (Å²) in [7, 11) is -2.85. The molecule has 3 heterocycles. The molecule has 2 fully saturated rings. The molecule has 0 saturated carbocycles. The van der Waals surface area contributed by atoms with E-state index in [4.69, 9.17) is 23.4 Å². The van der Waals surface area contributed by atoms with E-state index in [1.165, 1.54) is 15.9 Å². The fourth-order valence-corrected chi connectivity index (χ4v) is 14.2. The van der Waals surface area contributed by atoms with Gasteiger partial charge in [0.15, 0.2) is 12.1 Å². The van der Waals surface area contributed by atoms with Crippen LogP contribution >= 0.6 is 0 Å². The number of hydrogen-bond donors (Lipinski definition) is 0. The Morgan fingerprint density at radius 2 is 1.57 bits per heavy atom. The topological polar surface area (TPSA) is 76.1 Å². The minimum atomic E-state index is -2.85. The minimum Gasteiger partial charge on any atom is -0.400 e. The number of pyridine rings is 1. The van der Waals surface area contributed by atoms with E-state index in [9.17, 15) is 4.79 Å². The van der Waals surface area contributed by atoms with Crippen molar-refractivity contribution in [3.05, 3.63) is 108 Å². The minimum absolute atomic E-state index is 0.156. The average molecular weight is 852 g/mol. The van der Waals surface area contributed by atoms with Gasteiger partial charge in [-0.2, -0.15) is 0 Å². The van der Waals surface area contributed by atoms with Gasteiger partial charge in [-0.15, -0.1) is 0 Å². The van der Waals surface area contributed by atoms with Crippen molar-refractivity contribution >= 4 is 30.6 Å². The number of ether oxygens (including phenoxy) is 4. The molecule has 5 rings (SSSR count). The van der Waals surface area contributed by atoms with Crippen molar-refractivity contribution < 1.29 is 28.2 Å². The lowest BCUT2D eigenvalue weighted by Gasteiger charge is -2.45. The molecule has 6 atom stereocenters. The summed E-state index contributed by atoms with van der Waals surface area (Å²) in [6.07, 6.45) is 13.5. The highest BCUT2D eigenvalue weighted by molar-refractivity contribution is 6.99. The number of rotatable bonds is 20. The highest BCUT2D eigenvalue weighted by atomic mass is 28.4. The summed E-state index contributed by atoms with van der Waals surface area (Å²) in [5.41, 5.74) is 2.73. The molecule has 0 amide bonds. The summed E-state index contributed by atoms with van der Waals surface area (Å²) in [5, 5.41) is 2.38. The normalized spacial score (nSPS) is 21.4. The van der Waals surface area contributed by atoms with Crippen LogP contribution in [0.5, 0.6) is 0 Å².